The van der Waals surface area contributed by atoms with Gasteiger partial charge in [-0.2, -0.15) is 0 Å². The number of fused-ring (bicyclic) bond motifs is 23. The van der Waals surface area contributed by atoms with Crippen molar-refractivity contribution < 1.29 is 0 Å². The van der Waals surface area contributed by atoms with Crippen molar-refractivity contribution >= 4 is 96.1 Å². The fraction of sp³-hybridized carbons (Fsp3) is 0.0149. The van der Waals surface area contributed by atoms with E-state index >= 15 is 0 Å². The minimum Gasteiger partial charge on any atom is -0.135 e. The molecule has 14 aromatic rings. The summed E-state index contributed by atoms with van der Waals surface area (Å²) in [4.78, 5) is 0. The molecule has 1 aromatic heterocycles. The van der Waals surface area contributed by atoms with Crippen LogP contribution >= 0.6 is 11.3 Å². The van der Waals surface area contributed by atoms with Crippen molar-refractivity contribution in [3.05, 3.63) is 253 Å². The van der Waals surface area contributed by atoms with Gasteiger partial charge in [0.25, 0.3) is 0 Å². The van der Waals surface area contributed by atoms with Gasteiger partial charge >= 0.3 is 0 Å². The van der Waals surface area contributed by atoms with Gasteiger partial charge < -0.3 is 0 Å². The lowest BCUT2D eigenvalue weighted by atomic mass is 9.68. The molecule has 1 heterocycles. The smallest absolute Gasteiger partial charge is 0.0737 e. The van der Waals surface area contributed by atoms with Crippen molar-refractivity contribution in [2.24, 2.45) is 0 Å². The zero-order chi connectivity index (χ0) is 44.2. The van der Waals surface area contributed by atoms with Crippen LogP contribution in [0.5, 0.6) is 0 Å². The predicted molar refractivity (Wildman–Crippen MR) is 292 cm³/mol. The van der Waals surface area contributed by atoms with Gasteiger partial charge in [0, 0.05) is 20.2 Å². The Labute approximate surface area is 396 Å². The second-order valence-electron chi connectivity index (χ2n) is 18.9. The van der Waals surface area contributed by atoms with Crippen LogP contribution in [0.15, 0.2) is 231 Å². The van der Waals surface area contributed by atoms with Crippen LogP contribution in [0.4, 0.5) is 0 Å². The van der Waals surface area contributed by atoms with E-state index in [-0.39, 0.29) is 0 Å². The Hall–Kier alpha value is -8.36. The number of thiophene rings is 1. The van der Waals surface area contributed by atoms with E-state index in [2.05, 4.69) is 231 Å². The molecule has 1 heteroatoms. The monoisotopic (exact) mass is 874 g/mol. The summed E-state index contributed by atoms with van der Waals surface area (Å²) >= 11 is 1.89. The third-order valence-corrected chi connectivity index (χ3v) is 16.9. The van der Waals surface area contributed by atoms with Crippen molar-refractivity contribution in [2.45, 2.75) is 5.41 Å². The Balaban J connectivity index is 1.05. The summed E-state index contributed by atoms with van der Waals surface area (Å²) in [7, 11) is 0. The van der Waals surface area contributed by atoms with Gasteiger partial charge in [-0.25, -0.2) is 0 Å². The van der Waals surface area contributed by atoms with Crippen LogP contribution in [-0.2, 0) is 5.41 Å². The first kappa shape index (κ1) is 36.8. The molecule has 16 rings (SSSR count). The first-order valence-electron chi connectivity index (χ1n) is 23.7. The molecule has 68 heavy (non-hydrogen) atoms. The fourth-order valence-electron chi connectivity index (χ4n) is 13.2. The van der Waals surface area contributed by atoms with E-state index in [9.17, 15) is 0 Å². The van der Waals surface area contributed by atoms with Gasteiger partial charge in [0.05, 0.1) is 5.41 Å². The zero-order valence-corrected chi connectivity index (χ0v) is 37.7. The third-order valence-electron chi connectivity index (χ3n) is 15.8. The molecule has 0 atom stereocenters. The summed E-state index contributed by atoms with van der Waals surface area (Å²) in [5.41, 5.74) is 15.4. The maximum Gasteiger partial charge on any atom is 0.0737 e. The molecule has 2 aliphatic rings. The van der Waals surface area contributed by atoms with E-state index in [1.54, 1.807) is 0 Å². The second kappa shape index (κ2) is 13.4. The Morgan fingerprint density at radius 2 is 0.706 bits per heavy atom. The van der Waals surface area contributed by atoms with E-state index < -0.39 is 5.41 Å². The molecule has 0 unspecified atom stereocenters. The normalized spacial score (nSPS) is 13.4. The minimum atomic E-state index is -0.537. The Bertz CT molecular complexity index is 4460. The Kier molecular flexibility index (Phi) is 7.25. The maximum absolute atomic E-state index is 2.61. The molecular formula is C67H38S. The topological polar surface area (TPSA) is 0 Å². The maximum atomic E-state index is 2.61. The number of hydrogen-bond acceptors (Lipinski definition) is 1. The van der Waals surface area contributed by atoms with Crippen molar-refractivity contribution in [3.8, 4) is 44.5 Å². The van der Waals surface area contributed by atoms with Crippen LogP contribution in [0, 0.1) is 0 Å². The molecule has 0 saturated heterocycles. The first-order valence-corrected chi connectivity index (χ1v) is 24.6. The summed E-state index contributed by atoms with van der Waals surface area (Å²) in [6, 6.07) is 87.8. The van der Waals surface area contributed by atoms with Crippen LogP contribution in [0.25, 0.3) is 129 Å². The molecule has 2 aliphatic carbocycles. The Morgan fingerprint density at radius 3 is 1.34 bits per heavy atom. The molecular weight excluding hydrogens is 837 g/mol. The van der Waals surface area contributed by atoms with Crippen LogP contribution in [0.1, 0.15) is 22.3 Å². The highest BCUT2D eigenvalue weighted by atomic mass is 32.1. The van der Waals surface area contributed by atoms with Crippen LogP contribution in [-0.4, -0.2) is 0 Å². The largest absolute Gasteiger partial charge is 0.135 e. The zero-order valence-electron chi connectivity index (χ0n) is 36.8. The van der Waals surface area contributed by atoms with Crippen molar-refractivity contribution in [1.82, 2.24) is 0 Å². The van der Waals surface area contributed by atoms with Gasteiger partial charge in [0.2, 0.25) is 0 Å². The van der Waals surface area contributed by atoms with E-state index in [0.29, 0.717) is 0 Å². The molecule has 0 bridgehead atoms. The molecule has 0 radical (unpaired) electrons. The van der Waals surface area contributed by atoms with Crippen LogP contribution in [0.2, 0.25) is 0 Å². The lowest BCUT2D eigenvalue weighted by molar-refractivity contribution is 0.809. The molecule has 0 aliphatic heterocycles. The number of benzene rings is 13. The van der Waals surface area contributed by atoms with E-state index in [4.69, 9.17) is 0 Å². The van der Waals surface area contributed by atoms with Gasteiger partial charge in [-0.15, -0.1) is 11.3 Å². The molecule has 1 spiro atoms. The van der Waals surface area contributed by atoms with Gasteiger partial charge in [-0.05, 0) is 162 Å². The quantitative estimate of drug-likeness (QED) is 0.120. The van der Waals surface area contributed by atoms with Gasteiger partial charge in [-0.1, -0.05) is 200 Å². The van der Waals surface area contributed by atoms with Crippen LogP contribution < -0.4 is 0 Å². The molecule has 0 N–H and O–H groups in total. The molecule has 0 amide bonds. The highest BCUT2D eigenvalue weighted by Crippen LogP contribution is 2.67. The van der Waals surface area contributed by atoms with Gasteiger partial charge in [0.15, 0.2) is 0 Å². The lowest BCUT2D eigenvalue weighted by Gasteiger charge is -2.33. The summed E-state index contributed by atoms with van der Waals surface area (Å²) < 4.78 is 2.65. The summed E-state index contributed by atoms with van der Waals surface area (Å²) in [5.74, 6) is 0. The van der Waals surface area contributed by atoms with Crippen molar-refractivity contribution in [2.75, 3.05) is 0 Å². The highest BCUT2D eigenvalue weighted by molar-refractivity contribution is 7.25. The summed E-state index contributed by atoms with van der Waals surface area (Å²) in [5, 5.41) is 18.1. The van der Waals surface area contributed by atoms with Gasteiger partial charge in [-0.3, -0.25) is 0 Å². The second-order valence-corrected chi connectivity index (χ2v) is 20.0. The average Bonchev–Trinajstić information content (AvgIpc) is 4.03. The molecule has 0 nitrogen and oxygen atoms in total. The third kappa shape index (κ3) is 4.59. The number of rotatable bonds is 2. The van der Waals surface area contributed by atoms with Gasteiger partial charge in [0.1, 0.15) is 0 Å². The van der Waals surface area contributed by atoms with E-state index in [1.165, 1.54) is 152 Å². The number of hydrogen-bond donors (Lipinski definition) is 0. The molecule has 0 fully saturated rings. The van der Waals surface area contributed by atoms with E-state index in [1.807, 2.05) is 11.3 Å². The summed E-state index contributed by atoms with van der Waals surface area (Å²) in [6.07, 6.45) is 0. The predicted octanol–water partition coefficient (Wildman–Crippen LogP) is 18.7. The van der Waals surface area contributed by atoms with Crippen LogP contribution in [0.3, 0.4) is 0 Å². The first-order chi connectivity index (χ1) is 33.8. The minimum absolute atomic E-state index is 0.537. The van der Waals surface area contributed by atoms with E-state index in [0.717, 1.165) is 0 Å². The Morgan fingerprint density at radius 1 is 0.250 bits per heavy atom. The standard InChI is InChI=1S/C67H38S/c1-2-18-40-37-61-55(35-39(40)17-1)54-36-41(33-34-60(54)68-61)62-48-25-7-9-27-50(48)63(51-28-10-8-26-49(51)62)56-38-57-64-47-24-6-3-19-42(47)43-20-4-12-30-53(43)66(64)67(65(57)52-29-11-5-21-44(52)56)58-31-15-13-22-45(58)46-23-14-16-32-59(46)67/h1-38H. The molecule has 0 saturated carbocycles. The molecule has 13 aromatic carbocycles. The highest BCUT2D eigenvalue weighted by Gasteiger charge is 2.54. The fourth-order valence-corrected chi connectivity index (χ4v) is 14.4. The summed E-state index contributed by atoms with van der Waals surface area (Å²) in [6.45, 7) is 0. The SMILES string of the molecule is c1ccc2c(c1)-c1ccccc1C21c2c(cc(-c3c4ccccc4c(-c4ccc5sc6cc7ccccc7cc6c5c4)c4ccccc34)c3ccccc23)-c2c1c1ccccc1c1ccccc21. The lowest BCUT2D eigenvalue weighted by Crippen LogP contribution is -2.26. The average molecular weight is 875 g/mol. The molecule has 312 valence electrons. The van der Waals surface area contributed by atoms with Crippen molar-refractivity contribution in [3.63, 3.8) is 0 Å². The van der Waals surface area contributed by atoms with Crippen molar-refractivity contribution in [1.29, 1.82) is 0 Å².